The van der Waals surface area contributed by atoms with Gasteiger partial charge in [-0.25, -0.2) is 0 Å². The number of hydrogen-bond acceptors (Lipinski definition) is 1. The first-order valence-electron chi connectivity index (χ1n) is 9.69. The normalized spacial score (nSPS) is 12.9. The van der Waals surface area contributed by atoms with E-state index in [9.17, 15) is 0 Å². The van der Waals surface area contributed by atoms with Gasteiger partial charge in [0, 0.05) is 24.0 Å². The van der Waals surface area contributed by atoms with E-state index >= 15 is 0 Å². The lowest BCUT2D eigenvalue weighted by Gasteiger charge is -2.05. The molecule has 0 aliphatic heterocycles. The topological polar surface area (TPSA) is 0 Å². The zero-order valence-electron chi connectivity index (χ0n) is 15.4. The predicted molar refractivity (Wildman–Crippen MR) is 123 cm³/mol. The van der Waals surface area contributed by atoms with E-state index in [1.165, 1.54) is 55.1 Å². The van der Waals surface area contributed by atoms with Crippen LogP contribution in [-0.2, 0) is 24.6 Å². The van der Waals surface area contributed by atoms with E-state index in [1.807, 2.05) is 0 Å². The molecule has 0 N–H and O–H groups in total. The van der Waals surface area contributed by atoms with Crippen molar-refractivity contribution in [3.05, 3.63) is 107 Å². The second-order valence-electron chi connectivity index (χ2n) is 7.57. The van der Waals surface area contributed by atoms with Gasteiger partial charge < -0.3 is 0 Å². The molecule has 6 rings (SSSR count). The van der Waals surface area contributed by atoms with Gasteiger partial charge in [0.1, 0.15) is 0 Å². The van der Waals surface area contributed by atoms with Crippen LogP contribution in [0, 0.1) is 0 Å². The molecule has 0 saturated heterocycles. The largest absolute Gasteiger partial charge is 0.251 e. The lowest BCUT2D eigenvalue weighted by Crippen LogP contribution is -2.14. The molecule has 0 unspecified atom stereocenters. The summed E-state index contributed by atoms with van der Waals surface area (Å²) in [5.74, 6) is 0. The minimum atomic E-state index is -0.798. The Morgan fingerprint density at radius 1 is 0.500 bits per heavy atom. The first-order valence-corrected chi connectivity index (χ1v) is 12.0. The van der Waals surface area contributed by atoms with Crippen molar-refractivity contribution in [1.29, 1.82) is 0 Å². The highest BCUT2D eigenvalue weighted by atomic mass is 32.4. The highest BCUT2D eigenvalue weighted by molar-refractivity contribution is 8.12. The number of fused-ring (bicyclic) bond motifs is 6. The Hall–Kier alpha value is -2.60. The van der Waals surface area contributed by atoms with Crippen LogP contribution in [0.1, 0.15) is 22.3 Å². The van der Waals surface area contributed by atoms with Gasteiger partial charge in [-0.15, -0.1) is 0 Å². The highest BCUT2D eigenvalue weighted by Gasteiger charge is 2.33. The molecule has 2 heteroatoms. The molecule has 4 aromatic rings. The molecule has 0 spiro atoms. The van der Waals surface area contributed by atoms with Crippen LogP contribution >= 0.6 is 6.70 Å². The minimum absolute atomic E-state index is 0.798. The summed E-state index contributed by atoms with van der Waals surface area (Å²) in [6.45, 7) is -0.798. The van der Waals surface area contributed by atoms with Gasteiger partial charge in [0.25, 0.3) is 6.70 Å². The van der Waals surface area contributed by atoms with Crippen molar-refractivity contribution in [3.63, 3.8) is 0 Å². The summed E-state index contributed by atoms with van der Waals surface area (Å²) in [4.78, 5) is 0. The van der Waals surface area contributed by atoms with Gasteiger partial charge in [0.15, 0.2) is 22.4 Å². The molecule has 0 radical (unpaired) electrons. The number of hydrogen-bond donors (Lipinski definition) is 0. The maximum absolute atomic E-state index is 6.24. The molecule has 0 amide bonds. The van der Waals surface area contributed by atoms with Crippen LogP contribution in [0.25, 0.3) is 22.3 Å². The SMILES string of the molecule is S=[P+](c1cccc2c1Cc1ccccc1-2)c1cccc2c1Cc1ccccc1-2. The summed E-state index contributed by atoms with van der Waals surface area (Å²) in [7, 11) is 0. The van der Waals surface area contributed by atoms with Crippen molar-refractivity contribution in [3.8, 4) is 22.3 Å². The van der Waals surface area contributed by atoms with Gasteiger partial charge in [-0.2, -0.15) is 0 Å². The molecule has 0 heterocycles. The summed E-state index contributed by atoms with van der Waals surface area (Å²) in [6, 6.07) is 31.0. The van der Waals surface area contributed by atoms with E-state index in [0.29, 0.717) is 0 Å². The standard InChI is InChI=1S/C26H18PS/c28-27(25-13-5-11-21-19-9-3-1-7-17(19)15-23(21)25)26-14-6-12-22-20-10-4-2-8-18(20)16-24(22)26/h1-14H,15-16H2/q+1. The first kappa shape index (κ1) is 16.4. The van der Waals surface area contributed by atoms with E-state index in [-0.39, 0.29) is 0 Å². The maximum atomic E-state index is 6.24. The van der Waals surface area contributed by atoms with Crippen molar-refractivity contribution in [1.82, 2.24) is 0 Å². The van der Waals surface area contributed by atoms with Gasteiger partial charge in [-0.05, 0) is 45.5 Å². The molecule has 132 valence electrons. The maximum Gasteiger partial charge on any atom is 0.251 e. The molecule has 4 aromatic carbocycles. The molecular formula is C26H18PS+. The molecular weight excluding hydrogens is 375 g/mol. The van der Waals surface area contributed by atoms with Crippen molar-refractivity contribution in [2.45, 2.75) is 12.8 Å². The van der Waals surface area contributed by atoms with E-state index < -0.39 is 6.70 Å². The third kappa shape index (κ3) is 2.30. The lowest BCUT2D eigenvalue weighted by molar-refractivity contribution is 1.28. The fourth-order valence-electron chi connectivity index (χ4n) is 4.79. The Morgan fingerprint density at radius 3 is 1.43 bits per heavy atom. The van der Waals surface area contributed by atoms with Crippen LogP contribution in [-0.4, -0.2) is 0 Å². The fraction of sp³-hybridized carbons (Fsp3) is 0.0769. The van der Waals surface area contributed by atoms with E-state index in [0.717, 1.165) is 12.8 Å². The van der Waals surface area contributed by atoms with E-state index in [4.69, 9.17) is 11.8 Å². The predicted octanol–water partition coefficient (Wildman–Crippen LogP) is 5.72. The van der Waals surface area contributed by atoms with Gasteiger partial charge in [0.05, 0.1) is 0 Å². The molecule has 0 nitrogen and oxygen atoms in total. The Bertz CT molecular complexity index is 1190. The molecule has 0 saturated carbocycles. The number of rotatable bonds is 2. The molecule has 0 aromatic heterocycles. The summed E-state index contributed by atoms with van der Waals surface area (Å²) in [6.07, 6.45) is 2.01. The van der Waals surface area contributed by atoms with E-state index in [1.54, 1.807) is 0 Å². The van der Waals surface area contributed by atoms with Crippen LogP contribution in [0.4, 0.5) is 0 Å². The zero-order valence-corrected chi connectivity index (χ0v) is 17.1. The van der Waals surface area contributed by atoms with Gasteiger partial charge in [-0.3, -0.25) is 0 Å². The van der Waals surface area contributed by atoms with Crippen molar-refractivity contribution in [2.24, 2.45) is 0 Å². The molecule has 0 bridgehead atoms. The molecule has 0 fully saturated rings. The summed E-state index contributed by atoms with van der Waals surface area (Å²) >= 11 is 6.24. The van der Waals surface area contributed by atoms with Gasteiger partial charge >= 0.3 is 0 Å². The quantitative estimate of drug-likeness (QED) is 0.339. The van der Waals surface area contributed by atoms with Crippen LogP contribution in [0.15, 0.2) is 84.9 Å². The monoisotopic (exact) mass is 393 g/mol. The lowest BCUT2D eigenvalue weighted by atomic mass is 10.1. The Labute approximate surface area is 171 Å². The molecule has 2 aliphatic carbocycles. The average Bonchev–Trinajstić information content (AvgIpc) is 3.31. The van der Waals surface area contributed by atoms with Crippen LogP contribution in [0.5, 0.6) is 0 Å². The van der Waals surface area contributed by atoms with Gasteiger partial charge in [0.2, 0.25) is 0 Å². The number of benzene rings is 4. The Balaban J connectivity index is 1.49. The van der Waals surface area contributed by atoms with Crippen molar-refractivity contribution in [2.75, 3.05) is 0 Å². The van der Waals surface area contributed by atoms with E-state index in [2.05, 4.69) is 84.9 Å². The minimum Gasteiger partial charge on any atom is -0.0619 e. The second-order valence-corrected chi connectivity index (χ2v) is 10.2. The van der Waals surface area contributed by atoms with Gasteiger partial charge in [-0.1, -0.05) is 72.8 Å². The van der Waals surface area contributed by atoms with Crippen LogP contribution in [0.3, 0.4) is 0 Å². The molecule has 28 heavy (non-hydrogen) atoms. The average molecular weight is 393 g/mol. The third-order valence-electron chi connectivity index (χ3n) is 6.09. The summed E-state index contributed by atoms with van der Waals surface area (Å²) in [5, 5.41) is 2.73. The van der Waals surface area contributed by atoms with Crippen LogP contribution in [0.2, 0.25) is 0 Å². The van der Waals surface area contributed by atoms with Crippen molar-refractivity contribution < 1.29 is 0 Å². The van der Waals surface area contributed by atoms with Crippen LogP contribution < -0.4 is 10.6 Å². The Kier molecular flexibility index (Phi) is 3.63. The smallest absolute Gasteiger partial charge is 0.0619 e. The molecule has 2 aliphatic rings. The molecule has 0 atom stereocenters. The Morgan fingerprint density at radius 2 is 0.929 bits per heavy atom. The second kappa shape index (κ2) is 6.21. The highest BCUT2D eigenvalue weighted by Crippen LogP contribution is 2.41. The third-order valence-corrected chi connectivity index (χ3v) is 8.98. The first-order chi connectivity index (χ1) is 13.8. The van der Waals surface area contributed by atoms with Crippen molar-refractivity contribution >= 4 is 29.1 Å². The summed E-state index contributed by atoms with van der Waals surface area (Å²) < 4.78 is 0. The zero-order chi connectivity index (χ0) is 18.7. The fourth-order valence-corrected chi connectivity index (χ4v) is 7.41. The summed E-state index contributed by atoms with van der Waals surface area (Å²) in [5.41, 5.74) is 11.2.